The van der Waals surface area contributed by atoms with Crippen molar-refractivity contribution in [3.05, 3.63) is 28.8 Å². The van der Waals surface area contributed by atoms with Gasteiger partial charge >= 0.3 is 6.61 Å². The van der Waals surface area contributed by atoms with Crippen LogP contribution in [0.3, 0.4) is 0 Å². The molecule has 1 fully saturated rings. The van der Waals surface area contributed by atoms with Gasteiger partial charge in [0.05, 0.1) is 5.56 Å². The third-order valence-corrected chi connectivity index (χ3v) is 3.74. The molecule has 2 atom stereocenters. The second kappa shape index (κ2) is 7.04. The van der Waals surface area contributed by atoms with Crippen LogP contribution in [0.1, 0.15) is 23.7 Å². The van der Waals surface area contributed by atoms with E-state index in [0.29, 0.717) is 5.02 Å². The van der Waals surface area contributed by atoms with Gasteiger partial charge in [0.25, 0.3) is 5.91 Å². The number of hydrogen-bond acceptors (Lipinski definition) is 3. The fraction of sp³-hybridized carbons (Fsp3) is 0.500. The van der Waals surface area contributed by atoms with E-state index in [0.717, 1.165) is 19.5 Å². The van der Waals surface area contributed by atoms with Gasteiger partial charge in [-0.1, -0.05) is 18.5 Å². The highest BCUT2D eigenvalue weighted by atomic mass is 35.5. The van der Waals surface area contributed by atoms with E-state index in [1.807, 2.05) is 6.92 Å². The van der Waals surface area contributed by atoms with Crippen LogP contribution in [0.25, 0.3) is 0 Å². The van der Waals surface area contributed by atoms with Gasteiger partial charge in [-0.25, -0.2) is 0 Å². The molecule has 1 aromatic rings. The summed E-state index contributed by atoms with van der Waals surface area (Å²) in [5, 5.41) is 6.38. The van der Waals surface area contributed by atoms with Crippen LogP contribution in [0.15, 0.2) is 18.2 Å². The number of amides is 1. The third kappa shape index (κ3) is 4.28. The molecule has 0 spiro atoms. The Balaban J connectivity index is 2.15. The van der Waals surface area contributed by atoms with Gasteiger partial charge in [-0.05, 0) is 43.6 Å². The number of piperidine rings is 1. The van der Waals surface area contributed by atoms with Crippen molar-refractivity contribution in [2.45, 2.75) is 26.0 Å². The van der Waals surface area contributed by atoms with Gasteiger partial charge in [-0.15, -0.1) is 0 Å². The smallest absolute Gasteiger partial charge is 0.387 e. The molecule has 4 nitrogen and oxygen atoms in total. The van der Waals surface area contributed by atoms with Crippen LogP contribution in [0.5, 0.6) is 5.75 Å². The first kappa shape index (κ1) is 16.0. The molecule has 2 unspecified atom stereocenters. The predicted molar refractivity (Wildman–Crippen MR) is 76.0 cm³/mol. The van der Waals surface area contributed by atoms with Gasteiger partial charge in [-0.2, -0.15) is 8.78 Å². The summed E-state index contributed by atoms with van der Waals surface area (Å²) in [7, 11) is 0. The SMILES string of the molecule is CC1CNCCC1NC(=O)c1cc(Cl)ccc1OC(F)F. The first-order chi connectivity index (χ1) is 9.97. The van der Waals surface area contributed by atoms with Crippen molar-refractivity contribution in [1.82, 2.24) is 10.6 Å². The summed E-state index contributed by atoms with van der Waals surface area (Å²) in [4.78, 5) is 12.3. The zero-order valence-corrected chi connectivity index (χ0v) is 12.3. The topological polar surface area (TPSA) is 50.4 Å². The Labute approximate surface area is 126 Å². The summed E-state index contributed by atoms with van der Waals surface area (Å²) in [5.74, 6) is -0.360. The van der Waals surface area contributed by atoms with Crippen molar-refractivity contribution in [2.24, 2.45) is 5.92 Å². The molecule has 0 radical (unpaired) electrons. The largest absolute Gasteiger partial charge is 0.434 e. The van der Waals surface area contributed by atoms with Crippen LogP contribution < -0.4 is 15.4 Å². The maximum absolute atomic E-state index is 12.4. The lowest BCUT2D eigenvalue weighted by atomic mass is 9.95. The minimum absolute atomic E-state index is 0.00266. The first-order valence-electron chi connectivity index (χ1n) is 6.73. The Bertz CT molecular complexity index is 514. The molecule has 1 amide bonds. The van der Waals surface area contributed by atoms with Crippen molar-refractivity contribution < 1.29 is 18.3 Å². The van der Waals surface area contributed by atoms with E-state index in [1.54, 1.807) is 0 Å². The molecule has 1 saturated heterocycles. The summed E-state index contributed by atoms with van der Waals surface area (Å²) in [5.41, 5.74) is 0.0218. The molecule has 0 saturated carbocycles. The molecule has 2 N–H and O–H groups in total. The molecule has 116 valence electrons. The minimum Gasteiger partial charge on any atom is -0.434 e. The average Bonchev–Trinajstić information content (AvgIpc) is 2.43. The molecule has 1 heterocycles. The second-order valence-corrected chi connectivity index (χ2v) is 5.51. The number of hydrogen-bond donors (Lipinski definition) is 2. The maximum Gasteiger partial charge on any atom is 0.387 e. The summed E-state index contributed by atoms with van der Waals surface area (Å²) >= 11 is 5.84. The van der Waals surface area contributed by atoms with Crippen molar-refractivity contribution in [1.29, 1.82) is 0 Å². The zero-order chi connectivity index (χ0) is 15.4. The van der Waals surface area contributed by atoms with Gasteiger partial charge < -0.3 is 15.4 Å². The number of ether oxygens (including phenoxy) is 1. The molecule has 2 rings (SSSR count). The highest BCUT2D eigenvalue weighted by molar-refractivity contribution is 6.31. The van der Waals surface area contributed by atoms with Crippen molar-refractivity contribution in [3.63, 3.8) is 0 Å². The quantitative estimate of drug-likeness (QED) is 0.897. The van der Waals surface area contributed by atoms with Crippen LogP contribution in [0.4, 0.5) is 8.78 Å². The second-order valence-electron chi connectivity index (χ2n) is 5.07. The lowest BCUT2D eigenvalue weighted by Gasteiger charge is -2.30. The number of carbonyl (C=O) groups excluding carboxylic acids is 1. The van der Waals surface area contributed by atoms with Crippen molar-refractivity contribution in [3.8, 4) is 5.75 Å². The standard InChI is InChI=1S/C14H17ClF2N2O2/c1-8-7-18-5-4-11(8)19-13(20)10-6-9(15)2-3-12(10)21-14(16)17/h2-3,6,8,11,14,18H,4-5,7H2,1H3,(H,19,20). The van der Waals surface area contributed by atoms with Gasteiger partial charge in [0.15, 0.2) is 0 Å². The lowest BCUT2D eigenvalue weighted by Crippen LogP contribution is -2.48. The van der Waals surface area contributed by atoms with Crippen LogP contribution in [0, 0.1) is 5.92 Å². The van der Waals surface area contributed by atoms with E-state index in [2.05, 4.69) is 15.4 Å². The van der Waals surface area contributed by atoms with E-state index in [9.17, 15) is 13.6 Å². The summed E-state index contributed by atoms with van der Waals surface area (Å²) < 4.78 is 29.2. The molecule has 0 aliphatic carbocycles. The highest BCUT2D eigenvalue weighted by Gasteiger charge is 2.25. The maximum atomic E-state index is 12.4. The van der Waals surface area contributed by atoms with Crippen LogP contribution >= 0.6 is 11.6 Å². The summed E-state index contributed by atoms with van der Waals surface area (Å²) in [6.07, 6.45) is 0.790. The lowest BCUT2D eigenvalue weighted by molar-refractivity contribution is -0.0501. The number of carbonyl (C=O) groups is 1. The minimum atomic E-state index is -2.99. The highest BCUT2D eigenvalue weighted by Crippen LogP contribution is 2.25. The van der Waals surface area contributed by atoms with Gasteiger partial charge in [0.1, 0.15) is 5.75 Å². The van der Waals surface area contributed by atoms with E-state index in [1.165, 1.54) is 18.2 Å². The molecule has 21 heavy (non-hydrogen) atoms. The Hall–Kier alpha value is -1.40. The van der Waals surface area contributed by atoms with Crippen molar-refractivity contribution in [2.75, 3.05) is 13.1 Å². The first-order valence-corrected chi connectivity index (χ1v) is 7.11. The molecule has 1 aliphatic rings. The third-order valence-electron chi connectivity index (χ3n) is 3.50. The van der Waals surface area contributed by atoms with Crippen LogP contribution in [-0.2, 0) is 0 Å². The Morgan fingerprint density at radius 1 is 1.52 bits per heavy atom. The monoisotopic (exact) mass is 318 g/mol. The number of rotatable bonds is 4. The van der Waals surface area contributed by atoms with E-state index < -0.39 is 12.5 Å². The van der Waals surface area contributed by atoms with Crippen molar-refractivity contribution >= 4 is 17.5 Å². The van der Waals surface area contributed by atoms with Gasteiger partial charge in [-0.3, -0.25) is 4.79 Å². The van der Waals surface area contributed by atoms with E-state index in [-0.39, 0.29) is 23.3 Å². The molecule has 0 bridgehead atoms. The number of nitrogens with one attached hydrogen (secondary N) is 2. The zero-order valence-electron chi connectivity index (χ0n) is 11.5. The van der Waals surface area contributed by atoms with Crippen LogP contribution in [0.2, 0.25) is 5.02 Å². The summed E-state index contributed by atoms with van der Waals surface area (Å²) in [6, 6.07) is 4.01. The molecule has 1 aromatic carbocycles. The van der Waals surface area contributed by atoms with E-state index in [4.69, 9.17) is 11.6 Å². The molecule has 7 heteroatoms. The molecular weight excluding hydrogens is 302 g/mol. The van der Waals surface area contributed by atoms with E-state index >= 15 is 0 Å². The fourth-order valence-corrected chi connectivity index (χ4v) is 2.53. The van der Waals surface area contributed by atoms with Crippen LogP contribution in [-0.4, -0.2) is 31.7 Å². The molecule has 0 aromatic heterocycles. The number of halogens is 3. The average molecular weight is 319 g/mol. The summed E-state index contributed by atoms with van der Waals surface area (Å²) in [6.45, 7) is 0.646. The van der Waals surface area contributed by atoms with Gasteiger partial charge in [0.2, 0.25) is 0 Å². The normalized spacial score (nSPS) is 22.1. The Kier molecular flexibility index (Phi) is 5.36. The predicted octanol–water partition coefficient (Wildman–Crippen LogP) is 2.67. The molecule has 1 aliphatic heterocycles. The Morgan fingerprint density at radius 2 is 2.29 bits per heavy atom. The Morgan fingerprint density at radius 3 is 2.95 bits per heavy atom. The number of alkyl halides is 2. The van der Waals surface area contributed by atoms with Gasteiger partial charge in [0, 0.05) is 11.1 Å². The number of benzene rings is 1. The fourth-order valence-electron chi connectivity index (χ4n) is 2.35. The molecular formula is C14H17ClF2N2O2.